The van der Waals surface area contributed by atoms with Gasteiger partial charge in [-0.05, 0) is 56.4 Å². The predicted molar refractivity (Wildman–Crippen MR) is 163 cm³/mol. The molecule has 3 rings (SSSR count). The number of carbonyl (C=O) groups excluding carboxylic acids is 3. The highest BCUT2D eigenvalue weighted by Gasteiger charge is 2.41. The van der Waals surface area contributed by atoms with Crippen LogP contribution in [0.3, 0.4) is 0 Å². The van der Waals surface area contributed by atoms with Crippen molar-refractivity contribution in [3.05, 3.63) is 35.9 Å². The third-order valence-electron chi connectivity index (χ3n) is 8.45. The van der Waals surface area contributed by atoms with Crippen LogP contribution in [-0.4, -0.2) is 90.7 Å². The maximum absolute atomic E-state index is 13.9. The summed E-state index contributed by atoms with van der Waals surface area (Å²) in [5.74, 6) is -1.16. The number of likely N-dealkylation sites (tertiary alicyclic amines) is 2. The van der Waals surface area contributed by atoms with Crippen molar-refractivity contribution in [2.75, 3.05) is 32.4 Å². The molecule has 42 heavy (non-hydrogen) atoms. The first-order valence-corrected chi connectivity index (χ1v) is 17.1. The maximum atomic E-state index is 13.9. The molecule has 0 unspecified atom stereocenters. The van der Waals surface area contributed by atoms with Crippen LogP contribution in [0, 0.1) is 17.2 Å². The zero-order chi connectivity index (χ0) is 30.9. The standard InChI is InChI=1S/C30H48N6O5S/c1-4-10-24(11-5-2)28(38)33-30(32)34-18-15-23(16-19-34)21-36(42(3,40)41)26(20-22-12-7-6-8-13-22)29(39)35-17-9-14-25(35)27(31)37/h6-8,12-13,23-26H,4-5,9-11,14-21H2,1-3H3,(H2,31,37)(H2,32,33,38)/t25-,26+/m0/s1. The number of nitrogens with two attached hydrogens (primary N) is 1. The van der Waals surface area contributed by atoms with Gasteiger partial charge in [0.25, 0.3) is 0 Å². The summed E-state index contributed by atoms with van der Waals surface area (Å²) >= 11 is 0. The van der Waals surface area contributed by atoms with Crippen LogP contribution >= 0.6 is 0 Å². The molecule has 1 aromatic rings. The lowest BCUT2D eigenvalue weighted by Crippen LogP contribution is -2.56. The van der Waals surface area contributed by atoms with E-state index in [2.05, 4.69) is 5.32 Å². The number of hydrogen-bond donors (Lipinski definition) is 3. The number of carbonyl (C=O) groups is 3. The van der Waals surface area contributed by atoms with Gasteiger partial charge in [-0.25, -0.2) is 8.42 Å². The predicted octanol–water partition coefficient (Wildman–Crippen LogP) is 2.31. The first-order chi connectivity index (χ1) is 20.0. The summed E-state index contributed by atoms with van der Waals surface area (Å²) in [6.07, 6.45) is 7.01. The van der Waals surface area contributed by atoms with Crippen LogP contribution in [0.2, 0.25) is 0 Å². The van der Waals surface area contributed by atoms with Gasteiger partial charge >= 0.3 is 0 Å². The zero-order valence-corrected chi connectivity index (χ0v) is 26.1. The molecule has 0 radical (unpaired) electrons. The van der Waals surface area contributed by atoms with Crippen molar-refractivity contribution >= 4 is 33.7 Å². The highest BCUT2D eigenvalue weighted by molar-refractivity contribution is 7.88. The number of hydrogen-bond acceptors (Lipinski definition) is 6. The van der Waals surface area contributed by atoms with Crippen molar-refractivity contribution in [1.82, 2.24) is 19.4 Å². The number of nitrogens with one attached hydrogen (secondary N) is 2. The van der Waals surface area contributed by atoms with E-state index in [1.807, 2.05) is 49.1 Å². The van der Waals surface area contributed by atoms with Gasteiger partial charge in [-0.1, -0.05) is 57.0 Å². The fraction of sp³-hybridized carbons (Fsp3) is 0.667. The molecule has 2 aliphatic heterocycles. The largest absolute Gasteiger partial charge is 0.368 e. The molecule has 0 bridgehead atoms. The Labute approximate surface area is 250 Å². The first-order valence-electron chi connectivity index (χ1n) is 15.2. The molecule has 3 amide bonds. The van der Waals surface area contributed by atoms with Gasteiger partial charge in [-0.2, -0.15) is 4.31 Å². The van der Waals surface area contributed by atoms with E-state index in [9.17, 15) is 22.8 Å². The molecule has 11 nitrogen and oxygen atoms in total. The molecule has 234 valence electrons. The lowest BCUT2D eigenvalue weighted by molar-refractivity contribution is -0.140. The Kier molecular flexibility index (Phi) is 12.3. The van der Waals surface area contributed by atoms with Crippen molar-refractivity contribution in [3.63, 3.8) is 0 Å². The minimum absolute atomic E-state index is 0.0380. The van der Waals surface area contributed by atoms with Crippen molar-refractivity contribution in [1.29, 1.82) is 5.41 Å². The summed E-state index contributed by atoms with van der Waals surface area (Å²) in [5, 5.41) is 11.3. The van der Waals surface area contributed by atoms with E-state index in [1.165, 1.54) is 9.21 Å². The number of benzene rings is 1. The molecule has 2 atom stereocenters. The van der Waals surface area contributed by atoms with Crippen molar-refractivity contribution in [2.45, 2.75) is 83.7 Å². The Bertz CT molecular complexity index is 1180. The van der Waals surface area contributed by atoms with Gasteiger partial charge in [-0.3, -0.25) is 25.1 Å². The van der Waals surface area contributed by atoms with Crippen LogP contribution in [0.25, 0.3) is 0 Å². The molecule has 12 heteroatoms. The molecule has 0 saturated carbocycles. The third-order valence-corrected chi connectivity index (χ3v) is 9.71. The zero-order valence-electron chi connectivity index (χ0n) is 25.3. The molecule has 0 aromatic heterocycles. The Morgan fingerprint density at radius 3 is 2.21 bits per heavy atom. The van der Waals surface area contributed by atoms with Crippen LogP contribution in [0.5, 0.6) is 0 Å². The first kappa shape index (κ1) is 33.5. The SMILES string of the molecule is CCCC(CCC)C(=O)NC(=N)N1CCC(CN([C@H](Cc2ccccc2)C(=O)N2CCC[C@H]2C(N)=O)S(C)(=O)=O)CC1. The number of amides is 3. The van der Waals surface area contributed by atoms with Crippen LogP contribution in [0.15, 0.2) is 30.3 Å². The molecule has 1 aromatic carbocycles. The summed E-state index contributed by atoms with van der Waals surface area (Å²) in [4.78, 5) is 42.0. The Balaban J connectivity index is 1.73. The van der Waals surface area contributed by atoms with Crippen LogP contribution in [-0.2, 0) is 30.8 Å². The van der Waals surface area contributed by atoms with E-state index in [0.717, 1.165) is 37.5 Å². The second-order valence-corrected chi connectivity index (χ2v) is 13.6. The maximum Gasteiger partial charge on any atom is 0.242 e. The Hall–Kier alpha value is -2.99. The summed E-state index contributed by atoms with van der Waals surface area (Å²) in [6, 6.07) is 7.53. The van der Waals surface area contributed by atoms with Crippen LogP contribution < -0.4 is 11.1 Å². The molecule has 4 N–H and O–H groups in total. The highest BCUT2D eigenvalue weighted by atomic mass is 32.2. The van der Waals surface area contributed by atoms with E-state index in [0.29, 0.717) is 45.3 Å². The summed E-state index contributed by atoms with van der Waals surface area (Å²) < 4.78 is 27.7. The van der Waals surface area contributed by atoms with E-state index < -0.39 is 33.9 Å². The molecular weight excluding hydrogens is 556 g/mol. The lowest BCUT2D eigenvalue weighted by Gasteiger charge is -2.38. The van der Waals surface area contributed by atoms with Gasteiger partial charge in [0, 0.05) is 32.1 Å². The van der Waals surface area contributed by atoms with Gasteiger partial charge in [0.1, 0.15) is 12.1 Å². The molecule has 2 heterocycles. The number of primary amides is 1. The van der Waals surface area contributed by atoms with E-state index in [1.54, 1.807) is 0 Å². The Morgan fingerprint density at radius 2 is 1.67 bits per heavy atom. The minimum Gasteiger partial charge on any atom is -0.368 e. The number of rotatable bonds is 13. The smallest absolute Gasteiger partial charge is 0.242 e. The molecule has 2 fully saturated rings. The molecular formula is C30H48N6O5S. The van der Waals surface area contributed by atoms with E-state index >= 15 is 0 Å². The molecule has 2 aliphatic rings. The number of nitrogens with zero attached hydrogens (tertiary/aromatic N) is 3. The quantitative estimate of drug-likeness (QED) is 0.232. The fourth-order valence-corrected chi connectivity index (χ4v) is 7.26. The molecule has 0 aliphatic carbocycles. The van der Waals surface area contributed by atoms with Crippen molar-refractivity contribution < 1.29 is 22.8 Å². The van der Waals surface area contributed by atoms with Gasteiger partial charge in [0.2, 0.25) is 27.7 Å². The summed E-state index contributed by atoms with van der Waals surface area (Å²) in [6.45, 7) is 5.61. The lowest BCUT2D eigenvalue weighted by atomic mass is 9.95. The number of sulfonamides is 1. The number of guanidine groups is 1. The highest BCUT2D eigenvalue weighted by Crippen LogP contribution is 2.26. The monoisotopic (exact) mass is 604 g/mol. The average molecular weight is 605 g/mol. The minimum atomic E-state index is -3.81. The van der Waals surface area contributed by atoms with Crippen LogP contribution in [0.4, 0.5) is 0 Å². The van der Waals surface area contributed by atoms with Crippen LogP contribution in [0.1, 0.15) is 70.8 Å². The number of piperidine rings is 1. The van der Waals surface area contributed by atoms with Gasteiger partial charge in [0.15, 0.2) is 5.96 Å². The topological polar surface area (TPSA) is 157 Å². The van der Waals surface area contributed by atoms with Crippen molar-refractivity contribution in [3.8, 4) is 0 Å². The third kappa shape index (κ3) is 9.00. The van der Waals surface area contributed by atoms with Gasteiger partial charge < -0.3 is 15.5 Å². The average Bonchev–Trinajstić information content (AvgIpc) is 3.45. The van der Waals surface area contributed by atoms with Crippen molar-refractivity contribution in [2.24, 2.45) is 17.6 Å². The Morgan fingerprint density at radius 1 is 1.05 bits per heavy atom. The van der Waals surface area contributed by atoms with Gasteiger partial charge in [-0.15, -0.1) is 0 Å². The molecule has 2 saturated heterocycles. The second kappa shape index (κ2) is 15.5. The normalized spacial score (nSPS) is 18.8. The summed E-state index contributed by atoms with van der Waals surface area (Å²) in [7, 11) is -3.81. The van der Waals surface area contributed by atoms with E-state index in [4.69, 9.17) is 11.1 Å². The molecule has 0 spiro atoms. The second-order valence-electron chi connectivity index (χ2n) is 11.7. The van der Waals surface area contributed by atoms with E-state index in [-0.39, 0.29) is 36.7 Å². The summed E-state index contributed by atoms with van der Waals surface area (Å²) in [5.41, 5.74) is 6.41. The van der Waals surface area contributed by atoms with Gasteiger partial charge in [0.05, 0.1) is 6.26 Å². The fourth-order valence-electron chi connectivity index (χ4n) is 6.16.